The molecule has 27 heavy (non-hydrogen) atoms. The Morgan fingerprint density at radius 1 is 1.26 bits per heavy atom. The number of aliphatic hydroxyl groups is 1. The molecule has 0 aliphatic carbocycles. The zero-order valence-corrected chi connectivity index (χ0v) is 16.7. The average molecular weight is 390 g/mol. The molecule has 1 atom stereocenters. The third-order valence-electron chi connectivity index (χ3n) is 4.51. The Morgan fingerprint density at radius 3 is 2.74 bits per heavy atom. The molecular weight excluding hydrogens is 362 g/mol. The van der Waals surface area contributed by atoms with Crippen molar-refractivity contribution in [2.75, 3.05) is 51.3 Å². The van der Waals surface area contributed by atoms with Crippen molar-refractivity contribution in [2.24, 2.45) is 0 Å². The van der Waals surface area contributed by atoms with Crippen molar-refractivity contribution >= 4 is 22.5 Å². The monoisotopic (exact) mass is 389 g/mol. The van der Waals surface area contributed by atoms with Crippen LogP contribution in [0.1, 0.15) is 12.5 Å². The van der Waals surface area contributed by atoms with Crippen molar-refractivity contribution in [3.05, 3.63) is 41.4 Å². The quantitative estimate of drug-likeness (QED) is 0.749. The first-order chi connectivity index (χ1) is 13.2. The first-order valence-corrected chi connectivity index (χ1v) is 10.1. The summed E-state index contributed by atoms with van der Waals surface area (Å²) in [7, 11) is 1.62. The predicted octanol–water partition coefficient (Wildman–Crippen LogP) is 2.75. The van der Waals surface area contributed by atoms with Crippen molar-refractivity contribution in [1.29, 1.82) is 0 Å². The van der Waals surface area contributed by atoms with Crippen molar-refractivity contribution < 1.29 is 14.6 Å². The standard InChI is InChI=1S/C20H27N3O3S/c1-3-4-16-5-6-18(19(13-16)25-2)26-15-17(24)14-22-8-10-23(11-9-22)20-21-7-12-27-20/h3-7,12-13,17,24H,8-11,14-15H2,1-2H3/b4-3+. The molecule has 0 bridgehead atoms. The molecule has 0 radical (unpaired) electrons. The van der Waals surface area contributed by atoms with Crippen molar-refractivity contribution in [3.8, 4) is 11.5 Å². The molecule has 2 aromatic rings. The van der Waals surface area contributed by atoms with Crippen LogP contribution in [0.4, 0.5) is 5.13 Å². The smallest absolute Gasteiger partial charge is 0.185 e. The number of anilines is 1. The van der Waals surface area contributed by atoms with Gasteiger partial charge < -0.3 is 19.5 Å². The first kappa shape index (κ1) is 19.7. The summed E-state index contributed by atoms with van der Waals surface area (Å²) in [4.78, 5) is 8.92. The van der Waals surface area contributed by atoms with Crippen LogP contribution in [0.2, 0.25) is 0 Å². The molecule has 3 rings (SSSR count). The summed E-state index contributed by atoms with van der Waals surface area (Å²) in [6.45, 7) is 6.51. The molecule has 7 heteroatoms. The first-order valence-electron chi connectivity index (χ1n) is 9.18. The molecular formula is C20H27N3O3S. The fourth-order valence-electron chi connectivity index (χ4n) is 3.13. The number of β-amino-alcohol motifs (C(OH)–C–C–N with tert-alkyl or cyclic N) is 1. The van der Waals surface area contributed by atoms with Gasteiger partial charge in [-0.3, -0.25) is 4.90 Å². The molecule has 146 valence electrons. The van der Waals surface area contributed by atoms with E-state index in [9.17, 15) is 5.11 Å². The van der Waals surface area contributed by atoms with Gasteiger partial charge in [0.15, 0.2) is 16.6 Å². The van der Waals surface area contributed by atoms with Crippen LogP contribution in [-0.2, 0) is 0 Å². The number of rotatable bonds is 8. The van der Waals surface area contributed by atoms with Crippen LogP contribution in [0, 0.1) is 0 Å². The second kappa shape index (κ2) is 9.73. The fraction of sp³-hybridized carbons (Fsp3) is 0.450. The Kier molecular flexibility index (Phi) is 7.09. The van der Waals surface area contributed by atoms with E-state index in [2.05, 4.69) is 14.8 Å². The maximum absolute atomic E-state index is 10.4. The van der Waals surface area contributed by atoms with Gasteiger partial charge in [-0.1, -0.05) is 18.2 Å². The van der Waals surface area contributed by atoms with E-state index in [1.54, 1.807) is 18.4 Å². The molecule has 1 aliphatic heterocycles. The topological polar surface area (TPSA) is 58.1 Å². The number of hydrogen-bond acceptors (Lipinski definition) is 7. The second-order valence-corrected chi connectivity index (χ2v) is 7.35. The Balaban J connectivity index is 1.45. The highest BCUT2D eigenvalue weighted by Crippen LogP contribution is 2.28. The van der Waals surface area contributed by atoms with Crippen molar-refractivity contribution in [2.45, 2.75) is 13.0 Å². The van der Waals surface area contributed by atoms with E-state index in [0.717, 1.165) is 36.9 Å². The molecule has 0 spiro atoms. The largest absolute Gasteiger partial charge is 0.493 e. The summed E-state index contributed by atoms with van der Waals surface area (Å²) in [5.41, 5.74) is 1.06. The number of aliphatic hydroxyl groups excluding tert-OH is 1. The summed E-state index contributed by atoms with van der Waals surface area (Å²) in [6, 6.07) is 5.79. The number of nitrogens with zero attached hydrogens (tertiary/aromatic N) is 3. The van der Waals surface area contributed by atoms with E-state index in [-0.39, 0.29) is 6.61 Å². The minimum atomic E-state index is -0.545. The molecule has 1 unspecified atom stereocenters. The SMILES string of the molecule is C/C=C/c1ccc(OCC(O)CN2CCN(c3nccs3)CC2)c(OC)c1. The Morgan fingerprint density at radius 2 is 2.07 bits per heavy atom. The number of allylic oxidation sites excluding steroid dienone is 1. The highest BCUT2D eigenvalue weighted by molar-refractivity contribution is 7.13. The Labute approximate surface area is 164 Å². The van der Waals surface area contributed by atoms with Gasteiger partial charge in [-0.15, -0.1) is 11.3 Å². The van der Waals surface area contributed by atoms with E-state index < -0.39 is 6.10 Å². The summed E-state index contributed by atoms with van der Waals surface area (Å²) in [6.07, 6.45) is 5.28. The van der Waals surface area contributed by atoms with E-state index >= 15 is 0 Å². The normalized spacial score (nSPS) is 16.6. The molecule has 1 aromatic heterocycles. The summed E-state index contributed by atoms with van der Waals surface area (Å²) in [5.74, 6) is 1.33. The zero-order valence-electron chi connectivity index (χ0n) is 15.9. The van der Waals surface area contributed by atoms with Gasteiger partial charge >= 0.3 is 0 Å². The van der Waals surface area contributed by atoms with Crippen LogP contribution in [0.25, 0.3) is 6.08 Å². The van der Waals surface area contributed by atoms with Crippen molar-refractivity contribution in [3.63, 3.8) is 0 Å². The molecule has 6 nitrogen and oxygen atoms in total. The molecule has 1 saturated heterocycles. The van der Waals surface area contributed by atoms with Crippen LogP contribution in [0.15, 0.2) is 35.9 Å². The zero-order chi connectivity index (χ0) is 19.1. The second-order valence-electron chi connectivity index (χ2n) is 6.48. The average Bonchev–Trinajstić information content (AvgIpc) is 3.22. The van der Waals surface area contributed by atoms with Crippen LogP contribution in [0.5, 0.6) is 11.5 Å². The van der Waals surface area contributed by atoms with E-state index in [1.165, 1.54) is 0 Å². The number of aromatic nitrogens is 1. The van der Waals surface area contributed by atoms with E-state index in [1.807, 2.05) is 48.9 Å². The van der Waals surface area contributed by atoms with Gasteiger partial charge in [0.2, 0.25) is 0 Å². The van der Waals surface area contributed by atoms with E-state index in [4.69, 9.17) is 9.47 Å². The van der Waals surface area contributed by atoms with Gasteiger partial charge in [-0.2, -0.15) is 0 Å². The van der Waals surface area contributed by atoms with Crippen LogP contribution >= 0.6 is 11.3 Å². The number of thiazole rings is 1. The molecule has 1 aliphatic rings. The molecule has 1 N–H and O–H groups in total. The van der Waals surface area contributed by atoms with Gasteiger partial charge in [-0.25, -0.2) is 4.98 Å². The van der Waals surface area contributed by atoms with Gasteiger partial charge in [-0.05, 0) is 24.6 Å². The molecule has 2 heterocycles. The summed E-state index contributed by atoms with van der Waals surface area (Å²) in [5, 5.41) is 13.5. The summed E-state index contributed by atoms with van der Waals surface area (Å²) < 4.78 is 11.2. The lowest BCUT2D eigenvalue weighted by Gasteiger charge is -2.35. The predicted molar refractivity (Wildman–Crippen MR) is 110 cm³/mol. The third kappa shape index (κ3) is 5.45. The van der Waals surface area contributed by atoms with Gasteiger partial charge in [0, 0.05) is 44.3 Å². The van der Waals surface area contributed by atoms with Gasteiger partial charge in [0.05, 0.1) is 7.11 Å². The van der Waals surface area contributed by atoms with Gasteiger partial charge in [0.25, 0.3) is 0 Å². The lowest BCUT2D eigenvalue weighted by Crippen LogP contribution is -2.49. The van der Waals surface area contributed by atoms with Crippen molar-refractivity contribution in [1.82, 2.24) is 9.88 Å². The lowest BCUT2D eigenvalue weighted by atomic mass is 10.2. The number of piperazine rings is 1. The van der Waals surface area contributed by atoms with Crippen LogP contribution < -0.4 is 14.4 Å². The van der Waals surface area contributed by atoms with Crippen LogP contribution in [-0.4, -0.2) is 67.5 Å². The number of hydrogen-bond donors (Lipinski definition) is 1. The van der Waals surface area contributed by atoms with Crippen LogP contribution in [0.3, 0.4) is 0 Å². The molecule has 0 saturated carbocycles. The fourth-order valence-corrected chi connectivity index (χ4v) is 3.83. The third-order valence-corrected chi connectivity index (χ3v) is 5.34. The van der Waals surface area contributed by atoms with E-state index in [0.29, 0.717) is 18.0 Å². The number of ether oxygens (including phenoxy) is 2. The highest BCUT2D eigenvalue weighted by atomic mass is 32.1. The number of methoxy groups -OCH3 is 1. The highest BCUT2D eigenvalue weighted by Gasteiger charge is 2.21. The molecule has 1 fully saturated rings. The molecule has 0 amide bonds. The Bertz CT molecular complexity index is 728. The Hall–Kier alpha value is -2.09. The minimum absolute atomic E-state index is 0.242. The van der Waals surface area contributed by atoms with Gasteiger partial charge in [0.1, 0.15) is 12.7 Å². The minimum Gasteiger partial charge on any atom is -0.493 e. The number of benzene rings is 1. The lowest BCUT2D eigenvalue weighted by molar-refractivity contribution is 0.0653. The maximum Gasteiger partial charge on any atom is 0.185 e. The summed E-state index contributed by atoms with van der Waals surface area (Å²) >= 11 is 1.67. The maximum atomic E-state index is 10.4. The molecule has 1 aromatic carbocycles.